The molecule has 0 amide bonds. The van der Waals surface area contributed by atoms with E-state index in [1.807, 2.05) is 0 Å². The van der Waals surface area contributed by atoms with Crippen molar-refractivity contribution in [2.45, 2.75) is 38.6 Å². The molecule has 13 heavy (non-hydrogen) atoms. The zero-order chi connectivity index (χ0) is 8.89. The summed E-state index contributed by atoms with van der Waals surface area (Å²) in [7, 11) is 0. The molecule has 1 saturated heterocycles. The molecule has 1 spiro atoms. The van der Waals surface area contributed by atoms with Crippen molar-refractivity contribution in [3.63, 3.8) is 0 Å². The summed E-state index contributed by atoms with van der Waals surface area (Å²) in [6.07, 6.45) is 10.6. The van der Waals surface area contributed by atoms with Crippen LogP contribution in [0.25, 0.3) is 0 Å². The van der Waals surface area contributed by atoms with Gasteiger partial charge in [0, 0.05) is 12.6 Å². The van der Waals surface area contributed by atoms with Gasteiger partial charge in [-0.25, -0.2) is 0 Å². The van der Waals surface area contributed by atoms with Gasteiger partial charge in [-0.1, -0.05) is 12.2 Å². The zero-order valence-corrected chi connectivity index (χ0v) is 8.42. The van der Waals surface area contributed by atoms with E-state index in [0.29, 0.717) is 5.41 Å². The van der Waals surface area contributed by atoms with Gasteiger partial charge in [0.25, 0.3) is 0 Å². The SMILES string of the molecule is C[C@@H]1NC[C@]23CCC=C[C@@H]2CC[C@H]13. The Morgan fingerprint density at radius 1 is 1.38 bits per heavy atom. The minimum absolute atomic E-state index is 0.675. The molecular weight excluding hydrogens is 158 g/mol. The second-order valence-electron chi connectivity index (χ2n) is 5.16. The van der Waals surface area contributed by atoms with E-state index in [1.165, 1.54) is 32.2 Å². The van der Waals surface area contributed by atoms with E-state index in [0.717, 1.165) is 17.9 Å². The van der Waals surface area contributed by atoms with Crippen molar-refractivity contribution < 1.29 is 0 Å². The summed E-state index contributed by atoms with van der Waals surface area (Å²) >= 11 is 0. The van der Waals surface area contributed by atoms with Gasteiger partial charge < -0.3 is 5.32 Å². The topological polar surface area (TPSA) is 12.0 Å². The normalized spacial score (nSPS) is 53.5. The molecule has 4 atom stereocenters. The fourth-order valence-corrected chi connectivity index (χ4v) is 4.07. The van der Waals surface area contributed by atoms with Crippen LogP contribution in [-0.4, -0.2) is 12.6 Å². The fourth-order valence-electron chi connectivity index (χ4n) is 4.07. The van der Waals surface area contributed by atoms with Crippen LogP contribution in [0.1, 0.15) is 32.6 Å². The summed E-state index contributed by atoms with van der Waals surface area (Å²) in [5.74, 6) is 1.88. The molecule has 0 radical (unpaired) electrons. The van der Waals surface area contributed by atoms with E-state index in [9.17, 15) is 0 Å². The van der Waals surface area contributed by atoms with Crippen LogP contribution in [0.5, 0.6) is 0 Å². The molecule has 0 aromatic carbocycles. The van der Waals surface area contributed by atoms with Crippen LogP contribution in [0, 0.1) is 17.3 Å². The summed E-state index contributed by atoms with van der Waals surface area (Å²) in [5, 5.41) is 3.68. The highest BCUT2D eigenvalue weighted by Crippen LogP contribution is 2.56. The van der Waals surface area contributed by atoms with Crippen LogP contribution in [0.4, 0.5) is 0 Å². The molecule has 1 saturated carbocycles. The molecule has 3 aliphatic rings. The van der Waals surface area contributed by atoms with Gasteiger partial charge in [0.05, 0.1) is 0 Å². The van der Waals surface area contributed by atoms with Gasteiger partial charge in [-0.2, -0.15) is 0 Å². The third kappa shape index (κ3) is 0.914. The van der Waals surface area contributed by atoms with Crippen LogP contribution < -0.4 is 5.32 Å². The Labute approximate surface area is 80.6 Å². The first-order valence-corrected chi connectivity index (χ1v) is 5.73. The highest BCUT2D eigenvalue weighted by molar-refractivity contribution is 5.15. The molecule has 0 bridgehead atoms. The third-order valence-corrected chi connectivity index (χ3v) is 4.77. The molecule has 2 fully saturated rings. The van der Waals surface area contributed by atoms with Crippen molar-refractivity contribution in [2.24, 2.45) is 17.3 Å². The quantitative estimate of drug-likeness (QED) is 0.560. The van der Waals surface area contributed by atoms with E-state index in [4.69, 9.17) is 0 Å². The lowest BCUT2D eigenvalue weighted by molar-refractivity contribution is 0.182. The van der Waals surface area contributed by atoms with Crippen molar-refractivity contribution in [2.75, 3.05) is 6.54 Å². The van der Waals surface area contributed by atoms with Crippen LogP contribution >= 0.6 is 0 Å². The molecule has 0 aromatic heterocycles. The molecule has 1 N–H and O–H groups in total. The number of hydrogen-bond donors (Lipinski definition) is 1. The average molecular weight is 177 g/mol. The van der Waals surface area contributed by atoms with Gasteiger partial charge in [0.2, 0.25) is 0 Å². The predicted molar refractivity (Wildman–Crippen MR) is 54.5 cm³/mol. The molecule has 3 rings (SSSR count). The van der Waals surface area contributed by atoms with Gasteiger partial charge in [-0.05, 0) is 49.9 Å². The van der Waals surface area contributed by atoms with E-state index in [1.54, 1.807) is 0 Å². The highest BCUT2D eigenvalue weighted by atomic mass is 15.0. The second kappa shape index (κ2) is 2.60. The first-order chi connectivity index (χ1) is 6.33. The first-order valence-electron chi connectivity index (χ1n) is 5.73. The minimum atomic E-state index is 0.675. The number of allylic oxidation sites excluding steroid dienone is 2. The van der Waals surface area contributed by atoms with Crippen LogP contribution in [0.3, 0.4) is 0 Å². The van der Waals surface area contributed by atoms with Crippen molar-refractivity contribution in [3.8, 4) is 0 Å². The lowest BCUT2D eigenvalue weighted by Gasteiger charge is -2.36. The van der Waals surface area contributed by atoms with E-state index in [2.05, 4.69) is 24.4 Å². The van der Waals surface area contributed by atoms with E-state index < -0.39 is 0 Å². The molecular formula is C12H19N. The third-order valence-electron chi connectivity index (χ3n) is 4.77. The van der Waals surface area contributed by atoms with Crippen molar-refractivity contribution >= 4 is 0 Å². The van der Waals surface area contributed by atoms with Crippen LogP contribution in [0.2, 0.25) is 0 Å². The summed E-state index contributed by atoms with van der Waals surface area (Å²) in [5.41, 5.74) is 0.675. The molecule has 1 heteroatoms. The van der Waals surface area contributed by atoms with Gasteiger partial charge >= 0.3 is 0 Å². The summed E-state index contributed by atoms with van der Waals surface area (Å²) < 4.78 is 0. The Balaban J connectivity index is 1.98. The van der Waals surface area contributed by atoms with Crippen molar-refractivity contribution in [1.29, 1.82) is 0 Å². The van der Waals surface area contributed by atoms with Crippen molar-refractivity contribution in [1.82, 2.24) is 5.32 Å². The molecule has 1 nitrogen and oxygen atoms in total. The number of hydrogen-bond acceptors (Lipinski definition) is 1. The average Bonchev–Trinajstić information content (AvgIpc) is 2.65. The second-order valence-corrected chi connectivity index (χ2v) is 5.16. The fraction of sp³-hybridized carbons (Fsp3) is 0.833. The smallest absolute Gasteiger partial charge is 0.00732 e. The van der Waals surface area contributed by atoms with Crippen LogP contribution in [-0.2, 0) is 0 Å². The maximum Gasteiger partial charge on any atom is 0.00732 e. The lowest BCUT2D eigenvalue weighted by atomic mass is 9.67. The highest BCUT2D eigenvalue weighted by Gasteiger charge is 2.54. The molecule has 0 aromatic rings. The monoisotopic (exact) mass is 177 g/mol. The Kier molecular flexibility index (Phi) is 1.61. The zero-order valence-electron chi connectivity index (χ0n) is 8.42. The van der Waals surface area contributed by atoms with Gasteiger partial charge in [-0.3, -0.25) is 0 Å². The summed E-state index contributed by atoms with van der Waals surface area (Å²) in [4.78, 5) is 0. The predicted octanol–water partition coefficient (Wildman–Crippen LogP) is 2.34. The Hall–Kier alpha value is -0.300. The largest absolute Gasteiger partial charge is 0.313 e. The molecule has 1 aliphatic heterocycles. The maximum absolute atomic E-state index is 3.68. The molecule has 2 aliphatic carbocycles. The summed E-state index contributed by atoms with van der Waals surface area (Å²) in [6.45, 7) is 3.66. The van der Waals surface area contributed by atoms with Gasteiger partial charge in [0.15, 0.2) is 0 Å². The van der Waals surface area contributed by atoms with E-state index in [-0.39, 0.29) is 0 Å². The number of rotatable bonds is 0. The standard InChI is InChI=1S/C12H19N/c1-9-11-6-5-10-4-2-3-7-12(10,11)8-13-9/h2,4,9-11,13H,3,5-8H2,1H3/t9-,10+,11+,12+/m0/s1. The van der Waals surface area contributed by atoms with Crippen LogP contribution in [0.15, 0.2) is 12.2 Å². The Morgan fingerprint density at radius 3 is 3.23 bits per heavy atom. The van der Waals surface area contributed by atoms with Gasteiger partial charge in [0.1, 0.15) is 0 Å². The molecule has 72 valence electrons. The lowest BCUT2D eigenvalue weighted by Crippen LogP contribution is -2.33. The Bertz CT molecular complexity index is 246. The van der Waals surface area contributed by atoms with Crippen molar-refractivity contribution in [3.05, 3.63) is 12.2 Å². The molecule has 1 heterocycles. The first kappa shape index (κ1) is 8.05. The molecule has 0 unspecified atom stereocenters. The number of nitrogens with one attached hydrogen (secondary N) is 1. The maximum atomic E-state index is 3.68. The summed E-state index contributed by atoms with van der Waals surface area (Å²) in [6, 6.07) is 0.775. The van der Waals surface area contributed by atoms with Gasteiger partial charge in [-0.15, -0.1) is 0 Å². The van der Waals surface area contributed by atoms with E-state index >= 15 is 0 Å². The minimum Gasteiger partial charge on any atom is -0.313 e. The Morgan fingerprint density at radius 2 is 2.31 bits per heavy atom.